The highest BCUT2D eigenvalue weighted by Crippen LogP contribution is 2.34. The van der Waals surface area contributed by atoms with Crippen LogP contribution in [-0.2, 0) is 16.0 Å². The van der Waals surface area contributed by atoms with E-state index in [1.807, 2.05) is 24.0 Å². The van der Waals surface area contributed by atoms with Gasteiger partial charge in [-0.3, -0.25) is 4.98 Å². The molecular formula is C17H25N3O3. The molecule has 23 heavy (non-hydrogen) atoms. The highest BCUT2D eigenvalue weighted by atomic mass is 16.5. The number of ether oxygens (including phenoxy) is 2. The van der Waals surface area contributed by atoms with E-state index < -0.39 is 0 Å². The van der Waals surface area contributed by atoms with Crippen molar-refractivity contribution in [2.75, 3.05) is 26.4 Å². The number of hydrogen-bond donors (Lipinski definition) is 1. The van der Waals surface area contributed by atoms with Gasteiger partial charge in [-0.2, -0.15) is 0 Å². The predicted molar refractivity (Wildman–Crippen MR) is 85.9 cm³/mol. The third-order valence-electron chi connectivity index (χ3n) is 4.62. The summed E-state index contributed by atoms with van der Waals surface area (Å²) in [6.07, 6.45) is 5.60. The zero-order valence-corrected chi connectivity index (χ0v) is 13.6. The molecule has 2 aliphatic rings. The number of carbonyl (C=O) groups excluding carboxylic acids is 1. The van der Waals surface area contributed by atoms with Crippen molar-refractivity contribution in [2.24, 2.45) is 5.92 Å². The Morgan fingerprint density at radius 3 is 3.22 bits per heavy atom. The molecule has 3 atom stereocenters. The first-order chi connectivity index (χ1) is 11.3. The lowest BCUT2D eigenvalue weighted by atomic mass is 10.1. The molecule has 0 bridgehead atoms. The van der Waals surface area contributed by atoms with Crippen LogP contribution in [0.5, 0.6) is 0 Å². The number of hydrogen-bond acceptors (Lipinski definition) is 4. The second-order valence-corrected chi connectivity index (χ2v) is 6.19. The molecule has 6 heteroatoms. The first kappa shape index (κ1) is 16.2. The fourth-order valence-electron chi connectivity index (χ4n) is 3.51. The van der Waals surface area contributed by atoms with Crippen LogP contribution in [0.3, 0.4) is 0 Å². The fraction of sp³-hybridized carbons (Fsp3) is 0.647. The van der Waals surface area contributed by atoms with Crippen molar-refractivity contribution in [1.82, 2.24) is 15.2 Å². The Balaban J connectivity index is 1.55. The van der Waals surface area contributed by atoms with Gasteiger partial charge < -0.3 is 19.7 Å². The van der Waals surface area contributed by atoms with Gasteiger partial charge in [-0.15, -0.1) is 0 Å². The van der Waals surface area contributed by atoms with E-state index in [1.165, 1.54) is 0 Å². The van der Waals surface area contributed by atoms with E-state index in [0.29, 0.717) is 25.6 Å². The number of pyridine rings is 1. The smallest absolute Gasteiger partial charge is 0.318 e. The zero-order valence-electron chi connectivity index (χ0n) is 13.6. The second kappa shape index (κ2) is 7.75. The third-order valence-corrected chi connectivity index (χ3v) is 4.62. The molecule has 1 aromatic heterocycles. The van der Waals surface area contributed by atoms with E-state index in [2.05, 4.69) is 10.3 Å². The maximum absolute atomic E-state index is 12.5. The van der Waals surface area contributed by atoms with E-state index in [9.17, 15) is 4.79 Å². The number of rotatable bonds is 5. The number of nitrogens with zero attached hydrogens (tertiary/aromatic N) is 2. The number of nitrogens with one attached hydrogen (secondary N) is 1. The first-order valence-corrected chi connectivity index (χ1v) is 8.40. The summed E-state index contributed by atoms with van der Waals surface area (Å²) in [6.45, 7) is 5.28. The maximum atomic E-state index is 12.5. The maximum Gasteiger partial charge on any atom is 0.318 e. The van der Waals surface area contributed by atoms with Crippen molar-refractivity contribution < 1.29 is 14.3 Å². The van der Waals surface area contributed by atoms with Crippen LogP contribution < -0.4 is 5.32 Å². The molecule has 1 N–H and O–H groups in total. The average Bonchev–Trinajstić information content (AvgIpc) is 3.01. The van der Waals surface area contributed by atoms with Gasteiger partial charge in [-0.25, -0.2) is 4.79 Å². The molecule has 2 fully saturated rings. The average molecular weight is 319 g/mol. The molecule has 6 nitrogen and oxygen atoms in total. The molecule has 0 spiro atoms. The Labute approximate surface area is 137 Å². The van der Waals surface area contributed by atoms with E-state index >= 15 is 0 Å². The molecular weight excluding hydrogens is 294 g/mol. The molecule has 1 aliphatic carbocycles. The SMILES string of the molecule is CCOCC1CC2OCCN(C(=O)NCc3cccnc3)C2C1. The van der Waals surface area contributed by atoms with Gasteiger partial charge in [-0.1, -0.05) is 6.07 Å². The van der Waals surface area contributed by atoms with Crippen molar-refractivity contribution in [3.63, 3.8) is 0 Å². The fourth-order valence-corrected chi connectivity index (χ4v) is 3.51. The minimum Gasteiger partial charge on any atom is -0.381 e. The van der Waals surface area contributed by atoms with Gasteiger partial charge >= 0.3 is 6.03 Å². The molecule has 0 aromatic carbocycles. The summed E-state index contributed by atoms with van der Waals surface area (Å²) < 4.78 is 11.4. The zero-order chi connectivity index (χ0) is 16.1. The summed E-state index contributed by atoms with van der Waals surface area (Å²) >= 11 is 0. The lowest BCUT2D eigenvalue weighted by molar-refractivity contribution is -0.0389. The number of carbonyl (C=O) groups is 1. The Bertz CT molecular complexity index is 511. The van der Waals surface area contributed by atoms with Gasteiger partial charge in [0.1, 0.15) is 0 Å². The molecule has 126 valence electrons. The number of fused-ring (bicyclic) bond motifs is 1. The minimum absolute atomic E-state index is 0.00999. The van der Waals surface area contributed by atoms with Crippen LogP contribution >= 0.6 is 0 Å². The van der Waals surface area contributed by atoms with Crippen molar-refractivity contribution in [1.29, 1.82) is 0 Å². The van der Waals surface area contributed by atoms with Crippen LogP contribution in [0, 0.1) is 5.92 Å². The standard InChI is InChI=1S/C17H25N3O3/c1-2-22-12-14-8-15-16(9-14)23-7-6-20(15)17(21)19-11-13-4-3-5-18-10-13/h3-5,10,14-16H,2,6-9,11-12H2,1H3,(H,19,21). The van der Waals surface area contributed by atoms with Gasteiger partial charge in [0.05, 0.1) is 18.8 Å². The van der Waals surface area contributed by atoms with E-state index in [-0.39, 0.29) is 18.2 Å². The van der Waals surface area contributed by atoms with Gasteiger partial charge in [0.15, 0.2) is 0 Å². The summed E-state index contributed by atoms with van der Waals surface area (Å²) in [7, 11) is 0. The normalized spacial score (nSPS) is 26.8. The summed E-state index contributed by atoms with van der Waals surface area (Å²) in [4.78, 5) is 18.6. The molecule has 0 radical (unpaired) electrons. The summed E-state index contributed by atoms with van der Waals surface area (Å²) in [5.41, 5.74) is 1.01. The lowest BCUT2D eigenvalue weighted by Crippen LogP contribution is -2.54. The molecule has 1 aliphatic heterocycles. The third kappa shape index (κ3) is 4.00. The van der Waals surface area contributed by atoms with Gasteiger partial charge in [0.25, 0.3) is 0 Å². The monoisotopic (exact) mass is 319 g/mol. The molecule has 1 saturated carbocycles. The Kier molecular flexibility index (Phi) is 5.46. The molecule has 1 aromatic rings. The summed E-state index contributed by atoms with van der Waals surface area (Å²) in [6, 6.07) is 4.00. The van der Waals surface area contributed by atoms with Crippen molar-refractivity contribution in [3.05, 3.63) is 30.1 Å². The molecule has 3 rings (SSSR count). The number of morpholine rings is 1. The van der Waals surface area contributed by atoms with Crippen LogP contribution in [-0.4, -0.2) is 54.4 Å². The van der Waals surface area contributed by atoms with Crippen molar-refractivity contribution in [3.8, 4) is 0 Å². The summed E-state index contributed by atoms with van der Waals surface area (Å²) in [5.74, 6) is 0.483. The van der Waals surface area contributed by atoms with Crippen LogP contribution in [0.1, 0.15) is 25.3 Å². The van der Waals surface area contributed by atoms with Crippen molar-refractivity contribution in [2.45, 2.75) is 38.5 Å². The van der Waals surface area contributed by atoms with Crippen LogP contribution in [0.15, 0.2) is 24.5 Å². The number of urea groups is 1. The van der Waals surface area contributed by atoms with Crippen LogP contribution in [0.2, 0.25) is 0 Å². The largest absolute Gasteiger partial charge is 0.381 e. The Morgan fingerprint density at radius 1 is 1.52 bits per heavy atom. The minimum atomic E-state index is -0.00999. The van der Waals surface area contributed by atoms with Gasteiger partial charge in [0.2, 0.25) is 0 Å². The van der Waals surface area contributed by atoms with E-state index in [1.54, 1.807) is 12.4 Å². The molecule has 2 heterocycles. The first-order valence-electron chi connectivity index (χ1n) is 8.40. The van der Waals surface area contributed by atoms with Crippen LogP contribution in [0.4, 0.5) is 4.79 Å². The molecule has 1 saturated heterocycles. The highest BCUT2D eigenvalue weighted by molar-refractivity contribution is 5.74. The van der Waals surface area contributed by atoms with E-state index in [0.717, 1.165) is 31.6 Å². The summed E-state index contributed by atoms with van der Waals surface area (Å²) in [5, 5.41) is 3.00. The Hall–Kier alpha value is -1.66. The molecule has 2 amide bonds. The van der Waals surface area contributed by atoms with Gasteiger partial charge in [-0.05, 0) is 37.3 Å². The number of aromatic nitrogens is 1. The molecule has 3 unspecified atom stereocenters. The quantitative estimate of drug-likeness (QED) is 0.899. The topological polar surface area (TPSA) is 63.7 Å². The lowest BCUT2D eigenvalue weighted by Gasteiger charge is -2.37. The van der Waals surface area contributed by atoms with Gasteiger partial charge in [0, 0.05) is 38.7 Å². The Morgan fingerprint density at radius 2 is 2.43 bits per heavy atom. The number of amides is 2. The van der Waals surface area contributed by atoms with Crippen molar-refractivity contribution >= 4 is 6.03 Å². The predicted octanol–water partition coefficient (Wildman–Crippen LogP) is 1.81. The van der Waals surface area contributed by atoms with E-state index in [4.69, 9.17) is 9.47 Å². The second-order valence-electron chi connectivity index (χ2n) is 6.19. The van der Waals surface area contributed by atoms with Crippen LogP contribution in [0.25, 0.3) is 0 Å². The highest BCUT2D eigenvalue weighted by Gasteiger charge is 2.42.